The number of fused-ring (bicyclic) bond motifs is 3. The predicted molar refractivity (Wildman–Crippen MR) is 132 cm³/mol. The third-order valence-corrected chi connectivity index (χ3v) is 6.09. The predicted octanol–water partition coefficient (Wildman–Crippen LogP) is 4.58. The van der Waals surface area contributed by atoms with Gasteiger partial charge in [-0.3, -0.25) is 0 Å². The summed E-state index contributed by atoms with van der Waals surface area (Å²) in [7, 11) is 0. The lowest BCUT2D eigenvalue weighted by molar-refractivity contribution is 0.410. The minimum absolute atomic E-state index is 0.0243. The van der Waals surface area contributed by atoms with E-state index < -0.39 is 11.6 Å². The van der Waals surface area contributed by atoms with E-state index in [1.165, 1.54) is 24.4 Å². The Labute approximate surface area is 204 Å². The van der Waals surface area contributed by atoms with Crippen molar-refractivity contribution in [3.8, 4) is 22.9 Å². The summed E-state index contributed by atoms with van der Waals surface area (Å²) in [4.78, 5) is 18.5. The first-order chi connectivity index (χ1) is 17.4. The molecule has 0 spiro atoms. The Morgan fingerprint density at radius 2 is 1.86 bits per heavy atom. The first kappa shape index (κ1) is 21.7. The van der Waals surface area contributed by atoms with Crippen LogP contribution in [0.15, 0.2) is 54.9 Å². The number of aryl methyl sites for hydroxylation is 1. The summed E-state index contributed by atoms with van der Waals surface area (Å²) in [5.74, 6) is -0.410. The Balaban J connectivity index is 1.51. The number of ether oxygens (including phenoxy) is 1. The second-order valence-electron chi connectivity index (χ2n) is 8.38. The summed E-state index contributed by atoms with van der Waals surface area (Å²) in [6.07, 6.45) is 3.13. The molecule has 36 heavy (non-hydrogen) atoms. The molecule has 11 heteroatoms. The molecule has 2 aromatic carbocycles. The van der Waals surface area contributed by atoms with E-state index in [4.69, 9.17) is 16.2 Å². The third-order valence-electron chi connectivity index (χ3n) is 6.09. The van der Waals surface area contributed by atoms with Gasteiger partial charge >= 0.3 is 6.01 Å². The van der Waals surface area contributed by atoms with Gasteiger partial charge in [0.2, 0.25) is 5.95 Å². The van der Waals surface area contributed by atoms with E-state index in [0.717, 1.165) is 0 Å². The molecule has 0 fully saturated rings. The molecule has 4 heterocycles. The second kappa shape index (κ2) is 8.15. The van der Waals surface area contributed by atoms with E-state index in [2.05, 4.69) is 19.9 Å². The average Bonchev–Trinajstić information content (AvgIpc) is 3.41. The van der Waals surface area contributed by atoms with Gasteiger partial charge in [0, 0.05) is 42.1 Å². The van der Waals surface area contributed by atoms with Crippen LogP contribution in [0.3, 0.4) is 0 Å². The van der Waals surface area contributed by atoms with Gasteiger partial charge in [-0.15, -0.1) is 0 Å². The van der Waals surface area contributed by atoms with Crippen LogP contribution in [0.2, 0.25) is 0 Å². The fourth-order valence-corrected chi connectivity index (χ4v) is 4.50. The maximum atomic E-state index is 15.3. The lowest BCUT2D eigenvalue weighted by Gasteiger charge is -2.21. The third kappa shape index (κ3) is 3.44. The number of anilines is 4. The van der Waals surface area contributed by atoms with Crippen LogP contribution in [0.4, 0.5) is 31.9 Å². The molecule has 5 aromatic rings. The molecule has 3 aromatic heterocycles. The molecule has 0 aliphatic carbocycles. The van der Waals surface area contributed by atoms with Crippen molar-refractivity contribution in [1.82, 2.24) is 24.5 Å². The zero-order valence-corrected chi connectivity index (χ0v) is 19.1. The molecule has 4 N–H and O–H groups in total. The highest BCUT2D eigenvalue weighted by Crippen LogP contribution is 2.46. The van der Waals surface area contributed by atoms with Gasteiger partial charge in [-0.2, -0.15) is 4.98 Å². The van der Waals surface area contributed by atoms with E-state index in [-0.39, 0.29) is 23.4 Å². The monoisotopic (exact) mass is 486 g/mol. The summed E-state index contributed by atoms with van der Waals surface area (Å²) in [5, 5.41) is 0.656. The highest BCUT2D eigenvalue weighted by atomic mass is 19.1. The molecule has 0 saturated carbocycles. The summed E-state index contributed by atoms with van der Waals surface area (Å²) < 4.78 is 37.8. The quantitative estimate of drug-likeness (QED) is 0.354. The summed E-state index contributed by atoms with van der Waals surface area (Å²) in [6, 6.07) is 11.2. The number of hydrogen-bond donors (Lipinski definition) is 2. The molecule has 0 bridgehead atoms. The SMILES string of the molecule is Cc1ccnc(Oc2ccc(-c3c4n(c5nc(N)ncc35)CCN4c3cccc(N)c3F)cc2F)n1. The molecule has 0 amide bonds. The Kier molecular flexibility index (Phi) is 4.92. The minimum atomic E-state index is -0.609. The maximum absolute atomic E-state index is 15.3. The molecule has 6 rings (SSSR count). The number of benzene rings is 2. The van der Waals surface area contributed by atoms with Crippen molar-refractivity contribution >= 4 is 34.2 Å². The second-order valence-corrected chi connectivity index (χ2v) is 8.38. The lowest BCUT2D eigenvalue weighted by Crippen LogP contribution is -2.16. The van der Waals surface area contributed by atoms with E-state index in [1.807, 2.05) is 9.47 Å². The zero-order chi connectivity index (χ0) is 25.0. The summed E-state index contributed by atoms with van der Waals surface area (Å²) in [6.45, 7) is 2.78. The van der Waals surface area contributed by atoms with Crippen molar-refractivity contribution in [1.29, 1.82) is 0 Å². The molecule has 0 atom stereocenters. The minimum Gasteiger partial charge on any atom is -0.421 e. The van der Waals surface area contributed by atoms with Crippen molar-refractivity contribution in [3.63, 3.8) is 0 Å². The first-order valence-corrected chi connectivity index (χ1v) is 11.1. The summed E-state index contributed by atoms with van der Waals surface area (Å²) in [5.41, 5.74) is 14.5. The van der Waals surface area contributed by atoms with Gasteiger partial charge < -0.3 is 25.7 Å². The largest absolute Gasteiger partial charge is 0.421 e. The van der Waals surface area contributed by atoms with Gasteiger partial charge in [0.15, 0.2) is 17.4 Å². The van der Waals surface area contributed by atoms with E-state index in [9.17, 15) is 0 Å². The summed E-state index contributed by atoms with van der Waals surface area (Å²) >= 11 is 0. The Morgan fingerprint density at radius 3 is 2.67 bits per heavy atom. The topological polar surface area (TPSA) is 121 Å². The van der Waals surface area contributed by atoms with Crippen molar-refractivity contribution in [2.24, 2.45) is 0 Å². The fourth-order valence-electron chi connectivity index (χ4n) is 4.50. The first-order valence-electron chi connectivity index (χ1n) is 11.1. The van der Waals surface area contributed by atoms with Gasteiger partial charge in [-0.1, -0.05) is 12.1 Å². The zero-order valence-electron chi connectivity index (χ0n) is 19.1. The van der Waals surface area contributed by atoms with Gasteiger partial charge in [0.1, 0.15) is 11.5 Å². The number of halogens is 2. The van der Waals surface area contributed by atoms with E-state index in [1.54, 1.807) is 37.4 Å². The lowest BCUT2D eigenvalue weighted by atomic mass is 10.0. The standard InChI is InChI=1S/C25H20F2N8O/c1-13-7-8-30-25(32-13)36-19-6-5-14(11-16(19)26)20-15-12-31-24(29)33-22(15)35-10-9-34(23(20)35)18-4-2-3-17(28)21(18)27/h2-8,11-12H,9-10,28H2,1H3,(H2,29,31,33). The highest BCUT2D eigenvalue weighted by molar-refractivity contribution is 6.03. The Morgan fingerprint density at radius 1 is 1.00 bits per heavy atom. The number of hydrogen-bond acceptors (Lipinski definition) is 8. The molecular weight excluding hydrogens is 466 g/mol. The van der Waals surface area contributed by atoms with Crippen LogP contribution in [-0.2, 0) is 6.54 Å². The molecule has 0 radical (unpaired) electrons. The Hall–Kier alpha value is -4.80. The van der Waals surface area contributed by atoms with Crippen LogP contribution in [0.1, 0.15) is 5.69 Å². The van der Waals surface area contributed by atoms with Crippen LogP contribution in [0.5, 0.6) is 11.8 Å². The number of nitrogens with two attached hydrogens (primary N) is 2. The number of rotatable bonds is 4. The fraction of sp³-hybridized carbons (Fsp3) is 0.120. The van der Waals surface area contributed by atoms with Crippen molar-refractivity contribution in [2.45, 2.75) is 13.5 Å². The van der Waals surface area contributed by atoms with Crippen molar-refractivity contribution in [3.05, 3.63) is 72.2 Å². The van der Waals surface area contributed by atoms with Gasteiger partial charge in [0.05, 0.1) is 11.4 Å². The normalized spacial score (nSPS) is 12.8. The molecule has 0 saturated heterocycles. The molecule has 1 aliphatic heterocycles. The van der Waals surface area contributed by atoms with E-state index in [0.29, 0.717) is 52.4 Å². The van der Waals surface area contributed by atoms with Crippen LogP contribution in [0, 0.1) is 18.6 Å². The van der Waals surface area contributed by atoms with Crippen LogP contribution in [0.25, 0.3) is 22.2 Å². The highest BCUT2D eigenvalue weighted by Gasteiger charge is 2.32. The van der Waals surface area contributed by atoms with Gasteiger partial charge in [-0.25, -0.2) is 23.7 Å². The number of nitrogens with zero attached hydrogens (tertiary/aromatic N) is 6. The van der Waals surface area contributed by atoms with E-state index >= 15 is 8.78 Å². The molecule has 9 nitrogen and oxygen atoms in total. The van der Waals surface area contributed by atoms with Crippen LogP contribution >= 0.6 is 0 Å². The van der Waals surface area contributed by atoms with Crippen molar-refractivity contribution in [2.75, 3.05) is 22.9 Å². The van der Waals surface area contributed by atoms with Crippen LogP contribution in [-0.4, -0.2) is 31.0 Å². The Bertz CT molecular complexity index is 1650. The van der Waals surface area contributed by atoms with Crippen molar-refractivity contribution < 1.29 is 13.5 Å². The molecule has 180 valence electrons. The average molecular weight is 486 g/mol. The molecule has 0 unspecified atom stereocenters. The number of nitrogen functional groups attached to an aromatic ring is 2. The van der Waals surface area contributed by atoms with Gasteiger partial charge in [-0.05, 0) is 42.8 Å². The number of aromatic nitrogens is 5. The van der Waals surface area contributed by atoms with Crippen LogP contribution < -0.4 is 21.1 Å². The maximum Gasteiger partial charge on any atom is 0.322 e. The van der Waals surface area contributed by atoms with Gasteiger partial charge in [0.25, 0.3) is 0 Å². The molecular formula is C25H20F2N8O. The smallest absolute Gasteiger partial charge is 0.322 e. The molecule has 1 aliphatic rings.